The number of sulfonamides is 1. The first-order valence-corrected chi connectivity index (χ1v) is 9.52. The molecule has 0 aromatic heterocycles. The van der Waals surface area contributed by atoms with Crippen molar-refractivity contribution < 1.29 is 8.42 Å². The zero-order valence-corrected chi connectivity index (χ0v) is 15.1. The Hall–Kier alpha value is -1.65. The molecule has 0 heterocycles. The summed E-state index contributed by atoms with van der Waals surface area (Å²) < 4.78 is 27.4. The van der Waals surface area contributed by atoms with Crippen molar-refractivity contribution >= 4 is 10.0 Å². The van der Waals surface area contributed by atoms with Gasteiger partial charge in [-0.2, -0.15) is 4.31 Å². The second kappa shape index (κ2) is 7.28. The van der Waals surface area contributed by atoms with E-state index in [1.807, 2.05) is 38.1 Å². The van der Waals surface area contributed by atoms with Gasteiger partial charge in [0.05, 0.1) is 4.90 Å². The van der Waals surface area contributed by atoms with E-state index in [1.54, 1.807) is 19.2 Å². The van der Waals surface area contributed by atoms with Crippen LogP contribution in [0, 0.1) is 0 Å². The van der Waals surface area contributed by atoms with Crippen molar-refractivity contribution in [3.8, 4) is 11.1 Å². The Labute approximate surface area is 140 Å². The van der Waals surface area contributed by atoms with Crippen LogP contribution in [0.2, 0.25) is 0 Å². The summed E-state index contributed by atoms with van der Waals surface area (Å²) in [5, 5.41) is 0. The van der Waals surface area contributed by atoms with Crippen molar-refractivity contribution in [2.24, 2.45) is 0 Å². The Morgan fingerprint density at radius 2 is 1.61 bits per heavy atom. The SMILES string of the molecule is CCc1ccc(-c2ccccc2S(=O)(=O)N(C)C(C)CC)cc1. The van der Waals surface area contributed by atoms with Gasteiger partial charge < -0.3 is 0 Å². The van der Waals surface area contributed by atoms with Crippen molar-refractivity contribution in [3.05, 3.63) is 54.1 Å². The van der Waals surface area contributed by atoms with Crippen LogP contribution in [0.3, 0.4) is 0 Å². The van der Waals surface area contributed by atoms with Crippen molar-refractivity contribution in [1.82, 2.24) is 4.31 Å². The predicted molar refractivity (Wildman–Crippen MR) is 96.0 cm³/mol. The van der Waals surface area contributed by atoms with Crippen LogP contribution in [0.25, 0.3) is 11.1 Å². The minimum absolute atomic E-state index is 0.0319. The lowest BCUT2D eigenvalue weighted by Crippen LogP contribution is -2.34. The average molecular weight is 331 g/mol. The third-order valence-electron chi connectivity index (χ3n) is 4.43. The molecule has 4 heteroatoms. The Balaban J connectivity index is 2.52. The molecule has 0 bridgehead atoms. The van der Waals surface area contributed by atoms with E-state index in [9.17, 15) is 8.42 Å². The van der Waals surface area contributed by atoms with Gasteiger partial charge in [0.1, 0.15) is 0 Å². The van der Waals surface area contributed by atoms with Crippen LogP contribution in [0.5, 0.6) is 0 Å². The Bertz CT molecular complexity index is 751. The number of rotatable bonds is 6. The van der Waals surface area contributed by atoms with Crippen LogP contribution in [0.1, 0.15) is 32.8 Å². The molecule has 2 aromatic carbocycles. The van der Waals surface area contributed by atoms with Gasteiger partial charge in [-0.1, -0.05) is 56.3 Å². The third kappa shape index (κ3) is 3.65. The van der Waals surface area contributed by atoms with Gasteiger partial charge in [0, 0.05) is 18.7 Å². The summed E-state index contributed by atoms with van der Waals surface area (Å²) in [6.45, 7) is 6.02. The number of aryl methyl sites for hydroxylation is 1. The molecule has 0 saturated carbocycles. The summed E-state index contributed by atoms with van der Waals surface area (Å²) in [6, 6.07) is 15.3. The molecule has 124 valence electrons. The van der Waals surface area contributed by atoms with Crippen molar-refractivity contribution in [1.29, 1.82) is 0 Å². The van der Waals surface area contributed by atoms with Crippen LogP contribution in [-0.4, -0.2) is 25.8 Å². The molecule has 2 rings (SSSR count). The first-order valence-electron chi connectivity index (χ1n) is 8.08. The predicted octanol–water partition coefficient (Wildman–Crippen LogP) is 4.34. The largest absolute Gasteiger partial charge is 0.243 e. The Kier molecular flexibility index (Phi) is 5.60. The van der Waals surface area contributed by atoms with E-state index < -0.39 is 10.0 Å². The van der Waals surface area contributed by atoms with Gasteiger partial charge in [0.2, 0.25) is 10.0 Å². The minimum Gasteiger partial charge on any atom is -0.207 e. The Morgan fingerprint density at radius 3 is 2.17 bits per heavy atom. The highest BCUT2D eigenvalue weighted by molar-refractivity contribution is 7.89. The van der Waals surface area contributed by atoms with Crippen molar-refractivity contribution in [2.45, 2.75) is 44.6 Å². The maximum absolute atomic E-state index is 13.0. The zero-order valence-electron chi connectivity index (χ0n) is 14.3. The van der Waals surface area contributed by atoms with Gasteiger partial charge in [0.15, 0.2) is 0 Å². The molecule has 0 aliphatic rings. The highest BCUT2D eigenvalue weighted by Crippen LogP contribution is 2.30. The van der Waals surface area contributed by atoms with Crippen LogP contribution < -0.4 is 0 Å². The molecule has 0 saturated heterocycles. The fourth-order valence-corrected chi connectivity index (χ4v) is 4.15. The summed E-state index contributed by atoms with van der Waals surface area (Å²) in [4.78, 5) is 0.368. The summed E-state index contributed by atoms with van der Waals surface area (Å²) in [5.74, 6) is 0. The van der Waals surface area contributed by atoms with E-state index in [1.165, 1.54) is 9.87 Å². The topological polar surface area (TPSA) is 37.4 Å². The third-order valence-corrected chi connectivity index (χ3v) is 6.46. The van der Waals surface area contributed by atoms with E-state index >= 15 is 0 Å². The van der Waals surface area contributed by atoms with Gasteiger partial charge in [-0.25, -0.2) is 8.42 Å². The minimum atomic E-state index is -3.51. The molecule has 1 unspecified atom stereocenters. The fourth-order valence-electron chi connectivity index (χ4n) is 2.50. The molecule has 0 fully saturated rings. The molecule has 23 heavy (non-hydrogen) atoms. The molecule has 3 nitrogen and oxygen atoms in total. The zero-order chi connectivity index (χ0) is 17.0. The second-order valence-corrected chi connectivity index (χ2v) is 7.79. The first kappa shape index (κ1) is 17.7. The van der Waals surface area contributed by atoms with E-state index in [4.69, 9.17) is 0 Å². The smallest absolute Gasteiger partial charge is 0.207 e. The van der Waals surface area contributed by atoms with Gasteiger partial charge >= 0.3 is 0 Å². The van der Waals surface area contributed by atoms with Gasteiger partial charge in [0.25, 0.3) is 0 Å². The quantitative estimate of drug-likeness (QED) is 0.790. The van der Waals surface area contributed by atoms with Crippen LogP contribution in [0.15, 0.2) is 53.4 Å². The van der Waals surface area contributed by atoms with Gasteiger partial charge in [-0.15, -0.1) is 0 Å². The standard InChI is InChI=1S/C19H25NO2S/c1-5-15(3)20(4)23(21,22)19-10-8-7-9-18(19)17-13-11-16(6-2)12-14-17/h7-15H,5-6H2,1-4H3. The molecule has 0 N–H and O–H groups in total. The number of nitrogens with zero attached hydrogens (tertiary/aromatic N) is 1. The van der Waals surface area contributed by atoms with Crippen LogP contribution >= 0.6 is 0 Å². The maximum atomic E-state index is 13.0. The molecule has 0 aliphatic heterocycles. The second-order valence-electron chi connectivity index (χ2n) is 5.83. The number of hydrogen-bond donors (Lipinski definition) is 0. The van der Waals surface area contributed by atoms with E-state index in [2.05, 4.69) is 19.1 Å². The molecular weight excluding hydrogens is 306 g/mol. The molecular formula is C19H25NO2S. The normalized spacial score (nSPS) is 13.3. The highest BCUT2D eigenvalue weighted by atomic mass is 32.2. The molecule has 1 atom stereocenters. The number of benzene rings is 2. The van der Waals surface area contributed by atoms with E-state index in [-0.39, 0.29) is 6.04 Å². The summed E-state index contributed by atoms with van der Waals surface area (Å²) in [6.07, 6.45) is 1.75. The highest BCUT2D eigenvalue weighted by Gasteiger charge is 2.27. The van der Waals surface area contributed by atoms with Crippen molar-refractivity contribution in [3.63, 3.8) is 0 Å². The van der Waals surface area contributed by atoms with Gasteiger partial charge in [-0.3, -0.25) is 0 Å². The first-order chi connectivity index (χ1) is 10.9. The van der Waals surface area contributed by atoms with E-state index in [0.717, 1.165) is 24.0 Å². The fraction of sp³-hybridized carbons (Fsp3) is 0.368. The Morgan fingerprint density at radius 1 is 1.00 bits per heavy atom. The lowest BCUT2D eigenvalue weighted by molar-refractivity contribution is 0.381. The monoisotopic (exact) mass is 331 g/mol. The van der Waals surface area contributed by atoms with Crippen LogP contribution in [0.4, 0.5) is 0 Å². The lowest BCUT2D eigenvalue weighted by Gasteiger charge is -2.24. The molecule has 0 spiro atoms. The number of hydrogen-bond acceptors (Lipinski definition) is 2. The average Bonchev–Trinajstić information content (AvgIpc) is 2.60. The van der Waals surface area contributed by atoms with Crippen molar-refractivity contribution in [2.75, 3.05) is 7.05 Å². The molecule has 0 aliphatic carbocycles. The molecule has 2 aromatic rings. The summed E-state index contributed by atoms with van der Waals surface area (Å²) >= 11 is 0. The molecule has 0 radical (unpaired) electrons. The van der Waals surface area contributed by atoms with Crippen LogP contribution in [-0.2, 0) is 16.4 Å². The van der Waals surface area contributed by atoms with E-state index in [0.29, 0.717) is 4.90 Å². The summed E-state index contributed by atoms with van der Waals surface area (Å²) in [7, 11) is -1.86. The summed E-state index contributed by atoms with van der Waals surface area (Å²) in [5.41, 5.74) is 2.93. The van der Waals surface area contributed by atoms with Gasteiger partial charge in [-0.05, 0) is 37.0 Å². The maximum Gasteiger partial charge on any atom is 0.243 e. The molecule has 0 amide bonds. The lowest BCUT2D eigenvalue weighted by atomic mass is 10.0.